The van der Waals surface area contributed by atoms with E-state index in [0.717, 1.165) is 45.5 Å². The van der Waals surface area contributed by atoms with Gasteiger partial charge in [-0.15, -0.1) is 0 Å². The maximum atomic E-state index is 10.3. The molecule has 1 aromatic carbocycles. The van der Waals surface area contributed by atoms with Crippen LogP contribution in [-0.2, 0) is 15.8 Å². The topological polar surface area (TPSA) is 38.7 Å². The summed E-state index contributed by atoms with van der Waals surface area (Å²) in [6, 6.07) is 10.4. The summed E-state index contributed by atoms with van der Waals surface area (Å²) in [5, 5.41) is 10.3. The Morgan fingerprint density at radius 3 is 1.56 bits per heavy atom. The van der Waals surface area contributed by atoms with Crippen LogP contribution in [0, 0.1) is 0 Å². The number of ether oxygens (including phenoxy) is 1. The molecular formula is C32H60O3Si. The highest BCUT2D eigenvalue weighted by Gasteiger charge is 2.44. The van der Waals surface area contributed by atoms with Crippen molar-refractivity contribution in [1.82, 2.24) is 0 Å². The predicted octanol–water partition coefficient (Wildman–Crippen LogP) is 9.83. The Morgan fingerprint density at radius 2 is 1.06 bits per heavy atom. The van der Waals surface area contributed by atoms with Crippen molar-refractivity contribution in [3.8, 4) is 0 Å². The second-order valence-corrected chi connectivity index (χ2v) is 17.3. The van der Waals surface area contributed by atoms with Crippen molar-refractivity contribution in [2.45, 2.75) is 154 Å². The summed E-state index contributed by atoms with van der Waals surface area (Å²) >= 11 is 0. The van der Waals surface area contributed by atoms with Crippen LogP contribution in [0.5, 0.6) is 0 Å². The maximum absolute atomic E-state index is 10.3. The molecule has 0 aliphatic rings. The van der Waals surface area contributed by atoms with Gasteiger partial charge in [0, 0.05) is 13.2 Å². The monoisotopic (exact) mass is 520 g/mol. The van der Waals surface area contributed by atoms with Gasteiger partial charge in [0.15, 0.2) is 8.32 Å². The molecule has 1 aromatic rings. The first kappa shape index (κ1) is 33.3. The first-order chi connectivity index (χ1) is 17.3. The highest BCUT2D eigenvalue weighted by atomic mass is 28.4. The highest BCUT2D eigenvalue weighted by Crippen LogP contribution is 2.42. The lowest BCUT2D eigenvalue weighted by Gasteiger charge is -2.42. The van der Waals surface area contributed by atoms with E-state index in [2.05, 4.69) is 65.8 Å². The molecule has 3 nitrogen and oxygen atoms in total. The lowest BCUT2D eigenvalue weighted by atomic mass is 10.0. The molecule has 0 fully saturated rings. The van der Waals surface area contributed by atoms with E-state index in [1.807, 2.05) is 6.07 Å². The zero-order valence-electron chi connectivity index (χ0n) is 24.8. The lowest BCUT2D eigenvalue weighted by Crippen LogP contribution is -2.47. The Bertz CT molecular complexity index is 595. The quantitative estimate of drug-likeness (QED) is 0.115. The van der Waals surface area contributed by atoms with E-state index in [-0.39, 0.29) is 6.10 Å². The lowest BCUT2D eigenvalue weighted by molar-refractivity contribution is 0.116. The Hall–Kier alpha value is -0.683. The zero-order valence-corrected chi connectivity index (χ0v) is 25.8. The molecule has 0 bridgehead atoms. The zero-order chi connectivity index (χ0) is 26.7. The Morgan fingerprint density at radius 1 is 0.611 bits per heavy atom. The van der Waals surface area contributed by atoms with Gasteiger partial charge in [-0.2, -0.15) is 0 Å². The minimum atomic E-state index is -1.69. The van der Waals surface area contributed by atoms with Gasteiger partial charge in [-0.05, 0) is 47.9 Å². The highest BCUT2D eigenvalue weighted by molar-refractivity contribution is 6.77. The van der Waals surface area contributed by atoms with E-state index in [0.29, 0.717) is 16.6 Å². The average Bonchev–Trinajstić information content (AvgIpc) is 2.84. The number of aliphatic hydroxyl groups excluding tert-OH is 1. The van der Waals surface area contributed by atoms with Gasteiger partial charge in [-0.3, -0.25) is 0 Å². The fourth-order valence-corrected chi connectivity index (χ4v) is 11.5. The molecule has 1 N–H and O–H groups in total. The van der Waals surface area contributed by atoms with Crippen LogP contribution in [0.3, 0.4) is 0 Å². The van der Waals surface area contributed by atoms with Crippen molar-refractivity contribution in [3.05, 3.63) is 35.9 Å². The number of aliphatic hydroxyl groups is 1. The largest absolute Gasteiger partial charge is 0.416 e. The average molecular weight is 521 g/mol. The third-order valence-electron chi connectivity index (χ3n) is 7.93. The van der Waals surface area contributed by atoms with Gasteiger partial charge < -0.3 is 14.3 Å². The number of hydrogen-bond donors (Lipinski definition) is 1. The Balaban J connectivity index is 1.91. The van der Waals surface area contributed by atoms with Crippen LogP contribution in [0.25, 0.3) is 0 Å². The van der Waals surface area contributed by atoms with Crippen LogP contribution in [0.2, 0.25) is 16.6 Å². The molecule has 4 heteroatoms. The fraction of sp³-hybridized carbons (Fsp3) is 0.812. The van der Waals surface area contributed by atoms with E-state index < -0.39 is 8.32 Å². The summed E-state index contributed by atoms with van der Waals surface area (Å²) in [7, 11) is -1.69. The number of hydrogen-bond acceptors (Lipinski definition) is 3. The van der Waals surface area contributed by atoms with Crippen molar-refractivity contribution >= 4 is 8.32 Å². The van der Waals surface area contributed by atoms with Crippen LogP contribution in [0.15, 0.2) is 30.3 Å². The molecule has 0 saturated heterocycles. The summed E-state index contributed by atoms with van der Waals surface area (Å²) in [6.45, 7) is 16.7. The van der Waals surface area contributed by atoms with Gasteiger partial charge in [0.1, 0.15) is 0 Å². The smallest absolute Gasteiger partial charge is 0.200 e. The molecule has 0 spiro atoms. The van der Waals surface area contributed by atoms with E-state index in [1.54, 1.807) is 0 Å². The van der Waals surface area contributed by atoms with Crippen LogP contribution in [-0.4, -0.2) is 32.7 Å². The molecular weight excluding hydrogens is 460 g/mol. The minimum Gasteiger partial charge on any atom is -0.416 e. The van der Waals surface area contributed by atoms with Gasteiger partial charge in [0.2, 0.25) is 0 Å². The fourth-order valence-electron chi connectivity index (χ4n) is 5.96. The molecule has 0 radical (unpaired) electrons. The standard InChI is InChI=1S/C32H60O3Si/c1-28(2)36(29(3)4,30(5)6)35-26-20-13-8-7-10-17-23-32(33)24-18-11-9-12-19-25-34-27-31-21-15-14-16-22-31/h14-16,21-22,28-30,32-33H,7-13,17-20,23-27H2,1-6H3. The van der Waals surface area contributed by atoms with E-state index in [1.165, 1.54) is 63.4 Å². The van der Waals surface area contributed by atoms with E-state index >= 15 is 0 Å². The Kier molecular flexibility index (Phi) is 18.8. The van der Waals surface area contributed by atoms with Crippen LogP contribution in [0.4, 0.5) is 0 Å². The van der Waals surface area contributed by atoms with Crippen LogP contribution >= 0.6 is 0 Å². The molecule has 0 heterocycles. The molecule has 1 atom stereocenters. The molecule has 36 heavy (non-hydrogen) atoms. The van der Waals surface area contributed by atoms with Crippen molar-refractivity contribution in [3.63, 3.8) is 0 Å². The molecule has 0 aliphatic heterocycles. The maximum Gasteiger partial charge on any atom is 0.200 e. The summed E-state index contributed by atoms with van der Waals surface area (Å²) in [4.78, 5) is 0. The number of unbranched alkanes of at least 4 members (excludes halogenated alkanes) is 9. The predicted molar refractivity (Wildman–Crippen MR) is 159 cm³/mol. The van der Waals surface area contributed by atoms with E-state index in [9.17, 15) is 5.11 Å². The molecule has 1 rings (SSSR count). The minimum absolute atomic E-state index is 0.103. The summed E-state index contributed by atoms with van der Waals surface area (Å²) in [5.74, 6) is 0. The summed E-state index contributed by atoms with van der Waals surface area (Å²) < 4.78 is 12.4. The SMILES string of the molecule is CC(C)[Si](OCCCCCCCCC(O)CCCCCCCOCc1ccccc1)(C(C)C)C(C)C. The van der Waals surface area contributed by atoms with Crippen LogP contribution in [0.1, 0.15) is 131 Å². The van der Waals surface area contributed by atoms with Crippen molar-refractivity contribution in [2.75, 3.05) is 13.2 Å². The number of rotatable bonds is 23. The molecule has 1 unspecified atom stereocenters. The molecule has 210 valence electrons. The van der Waals surface area contributed by atoms with Crippen molar-refractivity contribution in [2.24, 2.45) is 0 Å². The molecule has 0 amide bonds. The van der Waals surface area contributed by atoms with Gasteiger partial charge in [0.25, 0.3) is 0 Å². The van der Waals surface area contributed by atoms with E-state index in [4.69, 9.17) is 9.16 Å². The second-order valence-electron chi connectivity index (χ2n) is 11.8. The summed E-state index contributed by atoms with van der Waals surface area (Å²) in [5.41, 5.74) is 3.27. The van der Waals surface area contributed by atoms with Crippen molar-refractivity contribution < 1.29 is 14.3 Å². The number of benzene rings is 1. The van der Waals surface area contributed by atoms with Gasteiger partial charge in [0.05, 0.1) is 12.7 Å². The third kappa shape index (κ3) is 13.7. The molecule has 0 saturated carbocycles. The van der Waals surface area contributed by atoms with Crippen molar-refractivity contribution in [1.29, 1.82) is 0 Å². The summed E-state index contributed by atoms with van der Waals surface area (Å²) in [6.07, 6.45) is 15.3. The van der Waals surface area contributed by atoms with Gasteiger partial charge in [-0.25, -0.2) is 0 Å². The third-order valence-corrected chi connectivity index (χ3v) is 14.0. The first-order valence-electron chi connectivity index (χ1n) is 15.2. The van der Waals surface area contributed by atoms with Gasteiger partial charge >= 0.3 is 0 Å². The van der Waals surface area contributed by atoms with Crippen LogP contribution < -0.4 is 0 Å². The molecule has 0 aromatic heterocycles. The van der Waals surface area contributed by atoms with Gasteiger partial charge in [-0.1, -0.05) is 130 Å². The Labute approximate surface area is 225 Å². The second kappa shape index (κ2) is 20.3. The molecule has 0 aliphatic carbocycles. The normalized spacial score (nSPS) is 13.3. The first-order valence-corrected chi connectivity index (χ1v) is 17.4.